The fourth-order valence-electron chi connectivity index (χ4n) is 2.65. The number of hydrogen-bond acceptors (Lipinski definition) is 4. The highest BCUT2D eigenvalue weighted by molar-refractivity contribution is 7.92. The molecule has 132 valence electrons. The molecule has 0 aliphatic carbocycles. The lowest BCUT2D eigenvalue weighted by Gasteiger charge is -2.17. The maximum atomic E-state index is 12.1. The van der Waals surface area contributed by atoms with Crippen LogP contribution in [0.4, 0.5) is 0 Å². The van der Waals surface area contributed by atoms with Crippen molar-refractivity contribution in [2.24, 2.45) is 5.92 Å². The summed E-state index contributed by atoms with van der Waals surface area (Å²) in [6, 6.07) is 9.13. The van der Waals surface area contributed by atoms with Gasteiger partial charge < -0.3 is 10.0 Å². The first-order valence-electron chi connectivity index (χ1n) is 8.06. The van der Waals surface area contributed by atoms with Gasteiger partial charge in [0.15, 0.2) is 0 Å². The van der Waals surface area contributed by atoms with Gasteiger partial charge in [0.2, 0.25) is 15.9 Å². The van der Waals surface area contributed by atoms with E-state index in [4.69, 9.17) is 0 Å². The Morgan fingerprint density at radius 2 is 2.12 bits per heavy atom. The van der Waals surface area contributed by atoms with E-state index >= 15 is 0 Å². The van der Waals surface area contributed by atoms with E-state index in [-0.39, 0.29) is 24.8 Å². The molecular formula is C17H24N2O4S. The van der Waals surface area contributed by atoms with Gasteiger partial charge in [-0.05, 0) is 25.0 Å². The zero-order chi connectivity index (χ0) is 17.6. The molecule has 1 heterocycles. The number of aliphatic hydroxyl groups excluding tert-OH is 1. The second-order valence-corrected chi connectivity index (χ2v) is 7.68. The lowest BCUT2D eigenvalue weighted by molar-refractivity contribution is -0.130. The first-order valence-corrected chi connectivity index (χ1v) is 9.60. The number of likely N-dealkylation sites (tertiary alicyclic amines) is 1. The molecule has 7 heteroatoms. The highest BCUT2D eigenvalue weighted by Crippen LogP contribution is 2.20. The summed E-state index contributed by atoms with van der Waals surface area (Å²) in [5, 5.41) is 10.7. The van der Waals surface area contributed by atoms with Crippen LogP contribution in [0.5, 0.6) is 0 Å². The molecule has 2 atom stereocenters. The zero-order valence-electron chi connectivity index (χ0n) is 13.8. The van der Waals surface area contributed by atoms with Gasteiger partial charge in [-0.2, -0.15) is 0 Å². The Morgan fingerprint density at radius 1 is 1.42 bits per heavy atom. The number of rotatable bonds is 7. The van der Waals surface area contributed by atoms with Crippen molar-refractivity contribution >= 4 is 22.0 Å². The normalized spacial score (nSPS) is 19.8. The van der Waals surface area contributed by atoms with Crippen LogP contribution in [-0.2, 0) is 14.8 Å². The molecule has 0 radical (unpaired) electrons. The summed E-state index contributed by atoms with van der Waals surface area (Å²) >= 11 is 0. The van der Waals surface area contributed by atoms with E-state index in [0.29, 0.717) is 13.1 Å². The Labute approximate surface area is 143 Å². The van der Waals surface area contributed by atoms with E-state index in [9.17, 15) is 18.3 Å². The van der Waals surface area contributed by atoms with Gasteiger partial charge in [0, 0.05) is 37.4 Å². The maximum Gasteiger partial charge on any atom is 0.233 e. The van der Waals surface area contributed by atoms with Crippen LogP contribution in [0.2, 0.25) is 0 Å². The number of nitrogens with zero attached hydrogens (tertiary/aromatic N) is 1. The molecule has 1 aliphatic rings. The first kappa shape index (κ1) is 18.6. The van der Waals surface area contributed by atoms with Crippen molar-refractivity contribution in [1.82, 2.24) is 9.62 Å². The van der Waals surface area contributed by atoms with E-state index in [1.807, 2.05) is 30.3 Å². The third-order valence-corrected chi connectivity index (χ3v) is 5.24. The lowest BCUT2D eigenvalue weighted by Crippen LogP contribution is -2.33. The molecule has 1 amide bonds. The fourth-order valence-corrected chi connectivity index (χ4v) is 3.47. The second kappa shape index (κ2) is 8.41. The van der Waals surface area contributed by atoms with Crippen molar-refractivity contribution in [3.05, 3.63) is 41.3 Å². The van der Waals surface area contributed by atoms with Crippen LogP contribution in [0.1, 0.15) is 25.3 Å². The summed E-state index contributed by atoms with van der Waals surface area (Å²) in [7, 11) is -3.56. The van der Waals surface area contributed by atoms with Crippen molar-refractivity contribution in [2.45, 2.75) is 25.9 Å². The van der Waals surface area contributed by atoms with E-state index in [0.717, 1.165) is 17.4 Å². The smallest absolute Gasteiger partial charge is 0.233 e. The van der Waals surface area contributed by atoms with Gasteiger partial charge in [-0.15, -0.1) is 0 Å². The Hall–Kier alpha value is -1.70. The summed E-state index contributed by atoms with van der Waals surface area (Å²) in [4.78, 5) is 13.8. The van der Waals surface area contributed by atoms with Gasteiger partial charge in [-0.25, -0.2) is 13.1 Å². The molecule has 1 fully saturated rings. The molecule has 0 aromatic heterocycles. The van der Waals surface area contributed by atoms with Crippen molar-refractivity contribution < 1.29 is 18.3 Å². The van der Waals surface area contributed by atoms with E-state index in [2.05, 4.69) is 4.72 Å². The molecule has 1 aromatic carbocycles. The summed E-state index contributed by atoms with van der Waals surface area (Å²) < 4.78 is 26.2. The molecule has 1 saturated heterocycles. The van der Waals surface area contributed by atoms with Crippen LogP contribution in [-0.4, -0.2) is 50.1 Å². The lowest BCUT2D eigenvalue weighted by atomic mass is 10.0. The molecule has 0 spiro atoms. The van der Waals surface area contributed by atoms with Crippen LogP contribution >= 0.6 is 0 Å². The standard InChI is InChI=1S/C17H24N2O4S/c1-14(20)16-8-11-19(13-16)17(21)7-10-18-24(22,23)12-9-15-5-3-2-4-6-15/h2-6,9,12,14,16,18,20H,7-8,10-11,13H2,1H3. The van der Waals surface area contributed by atoms with Crippen LogP contribution in [0.3, 0.4) is 0 Å². The number of amides is 1. The Balaban J connectivity index is 1.77. The quantitative estimate of drug-likeness (QED) is 0.772. The number of hydrogen-bond donors (Lipinski definition) is 2. The van der Waals surface area contributed by atoms with Gasteiger partial charge in [0.05, 0.1) is 6.10 Å². The molecular weight excluding hydrogens is 328 g/mol. The van der Waals surface area contributed by atoms with Crippen molar-refractivity contribution in [3.8, 4) is 0 Å². The molecule has 1 aliphatic heterocycles. The highest BCUT2D eigenvalue weighted by atomic mass is 32.2. The molecule has 0 bridgehead atoms. The Kier molecular flexibility index (Phi) is 6.53. The summed E-state index contributed by atoms with van der Waals surface area (Å²) in [6.07, 6.45) is 1.99. The minimum Gasteiger partial charge on any atom is -0.393 e. The Bertz CT molecular complexity index is 671. The SMILES string of the molecule is CC(O)C1CCN(C(=O)CCNS(=O)(=O)C=Cc2ccccc2)C1. The molecule has 1 aromatic rings. The van der Waals surface area contributed by atoms with Gasteiger partial charge in [0.1, 0.15) is 0 Å². The number of benzene rings is 1. The molecule has 2 unspecified atom stereocenters. The number of aliphatic hydroxyl groups is 1. The Morgan fingerprint density at radius 3 is 2.75 bits per heavy atom. The maximum absolute atomic E-state index is 12.1. The topological polar surface area (TPSA) is 86.7 Å². The molecule has 6 nitrogen and oxygen atoms in total. The van der Waals surface area contributed by atoms with Gasteiger partial charge in [0.25, 0.3) is 0 Å². The second-order valence-electron chi connectivity index (χ2n) is 6.03. The molecule has 0 saturated carbocycles. The number of carbonyl (C=O) groups is 1. The third-order valence-electron chi connectivity index (χ3n) is 4.14. The fraction of sp³-hybridized carbons (Fsp3) is 0.471. The third kappa shape index (κ3) is 5.74. The predicted molar refractivity (Wildman–Crippen MR) is 93.4 cm³/mol. The summed E-state index contributed by atoms with van der Waals surface area (Å²) in [5.74, 6) is 0.0207. The summed E-state index contributed by atoms with van der Waals surface area (Å²) in [5.41, 5.74) is 0.792. The van der Waals surface area contributed by atoms with E-state index in [1.165, 1.54) is 6.08 Å². The number of carbonyl (C=O) groups excluding carboxylic acids is 1. The van der Waals surface area contributed by atoms with Crippen LogP contribution in [0.25, 0.3) is 6.08 Å². The van der Waals surface area contributed by atoms with Crippen molar-refractivity contribution in [3.63, 3.8) is 0 Å². The zero-order valence-corrected chi connectivity index (χ0v) is 14.6. The number of sulfonamides is 1. The first-order chi connectivity index (χ1) is 11.4. The number of nitrogens with one attached hydrogen (secondary N) is 1. The van der Waals surface area contributed by atoms with E-state index in [1.54, 1.807) is 11.8 Å². The minimum atomic E-state index is -3.56. The van der Waals surface area contributed by atoms with Crippen LogP contribution in [0.15, 0.2) is 35.7 Å². The molecule has 24 heavy (non-hydrogen) atoms. The van der Waals surface area contributed by atoms with Crippen LogP contribution < -0.4 is 4.72 Å². The largest absolute Gasteiger partial charge is 0.393 e. The van der Waals surface area contributed by atoms with E-state index < -0.39 is 16.1 Å². The minimum absolute atomic E-state index is 0.0656. The summed E-state index contributed by atoms with van der Waals surface area (Å²) in [6.45, 7) is 2.95. The average molecular weight is 352 g/mol. The average Bonchev–Trinajstić information content (AvgIpc) is 3.04. The van der Waals surface area contributed by atoms with Crippen molar-refractivity contribution in [2.75, 3.05) is 19.6 Å². The van der Waals surface area contributed by atoms with Crippen LogP contribution in [0, 0.1) is 5.92 Å². The van der Waals surface area contributed by atoms with Crippen molar-refractivity contribution in [1.29, 1.82) is 0 Å². The highest BCUT2D eigenvalue weighted by Gasteiger charge is 2.28. The van der Waals surface area contributed by atoms with Gasteiger partial charge in [-0.1, -0.05) is 30.3 Å². The van der Waals surface area contributed by atoms with Gasteiger partial charge >= 0.3 is 0 Å². The monoisotopic (exact) mass is 352 g/mol. The molecule has 2 N–H and O–H groups in total. The van der Waals surface area contributed by atoms with Gasteiger partial charge in [-0.3, -0.25) is 4.79 Å². The predicted octanol–water partition coefficient (Wildman–Crippen LogP) is 1.20. The molecule has 2 rings (SSSR count).